The van der Waals surface area contributed by atoms with Crippen LogP contribution in [0.2, 0.25) is 0 Å². The van der Waals surface area contributed by atoms with E-state index in [0.29, 0.717) is 12.6 Å². The summed E-state index contributed by atoms with van der Waals surface area (Å²) >= 11 is 0. The standard InChI is InChI=1S/C23H33N3O3/c1-4-29-22(28)25-12-8-19(9-13-25)24-14-10-23(11-15-24)16-26(18(3)27)20-7-5-6-17(2)21(20)23/h5-7,19H,4,8-16H2,1-3H3. The predicted octanol–water partition coefficient (Wildman–Crippen LogP) is 3.32. The van der Waals surface area contributed by atoms with E-state index in [1.165, 1.54) is 11.1 Å². The summed E-state index contributed by atoms with van der Waals surface area (Å²) in [4.78, 5) is 30.6. The second-order valence-corrected chi connectivity index (χ2v) is 8.81. The van der Waals surface area contributed by atoms with Crippen molar-refractivity contribution in [3.63, 3.8) is 0 Å². The van der Waals surface area contributed by atoms with Crippen LogP contribution in [0.1, 0.15) is 50.7 Å². The Morgan fingerprint density at radius 3 is 2.45 bits per heavy atom. The zero-order chi connectivity index (χ0) is 20.6. The lowest BCUT2D eigenvalue weighted by molar-refractivity contribution is -0.116. The zero-order valence-electron chi connectivity index (χ0n) is 17.9. The van der Waals surface area contributed by atoms with Crippen LogP contribution in [0.4, 0.5) is 10.5 Å². The van der Waals surface area contributed by atoms with E-state index in [1.54, 1.807) is 6.92 Å². The van der Waals surface area contributed by atoms with E-state index >= 15 is 0 Å². The minimum atomic E-state index is -0.175. The molecule has 6 nitrogen and oxygen atoms in total. The lowest BCUT2D eigenvalue weighted by Crippen LogP contribution is -2.52. The van der Waals surface area contributed by atoms with Gasteiger partial charge < -0.3 is 19.4 Å². The number of fused-ring (bicyclic) bond motifs is 2. The third-order valence-electron chi connectivity index (χ3n) is 7.17. The first-order valence-corrected chi connectivity index (χ1v) is 11.0. The highest BCUT2D eigenvalue weighted by Crippen LogP contribution is 2.48. The van der Waals surface area contributed by atoms with E-state index in [4.69, 9.17) is 4.74 Å². The van der Waals surface area contributed by atoms with Crippen LogP contribution in [0.3, 0.4) is 0 Å². The molecule has 3 heterocycles. The number of piperidine rings is 2. The fourth-order valence-electron chi connectivity index (χ4n) is 5.67. The molecule has 1 aromatic carbocycles. The maximum atomic E-state index is 12.3. The molecule has 0 N–H and O–H groups in total. The van der Waals surface area contributed by atoms with Crippen molar-refractivity contribution in [3.05, 3.63) is 29.3 Å². The summed E-state index contributed by atoms with van der Waals surface area (Å²) in [5.74, 6) is 0.141. The second kappa shape index (κ2) is 7.98. The van der Waals surface area contributed by atoms with Crippen molar-refractivity contribution in [3.8, 4) is 0 Å². The van der Waals surface area contributed by atoms with E-state index in [1.807, 2.05) is 16.7 Å². The monoisotopic (exact) mass is 399 g/mol. The van der Waals surface area contributed by atoms with Crippen molar-refractivity contribution in [2.75, 3.05) is 44.2 Å². The molecular weight excluding hydrogens is 366 g/mol. The molecule has 0 atom stereocenters. The van der Waals surface area contributed by atoms with Crippen molar-refractivity contribution < 1.29 is 14.3 Å². The summed E-state index contributed by atoms with van der Waals surface area (Å²) in [5.41, 5.74) is 3.91. The van der Waals surface area contributed by atoms with Crippen LogP contribution in [0, 0.1) is 6.92 Å². The Labute approximate surface area is 173 Å². The number of aryl methyl sites for hydroxylation is 1. The molecule has 3 aliphatic rings. The minimum Gasteiger partial charge on any atom is -0.450 e. The third kappa shape index (κ3) is 3.63. The number of rotatable bonds is 2. The van der Waals surface area contributed by atoms with Gasteiger partial charge in [0.15, 0.2) is 0 Å². The Kier molecular flexibility index (Phi) is 5.56. The molecule has 2 saturated heterocycles. The molecule has 0 saturated carbocycles. The van der Waals surface area contributed by atoms with Gasteiger partial charge in [0.1, 0.15) is 0 Å². The van der Waals surface area contributed by atoms with Crippen LogP contribution in [0.15, 0.2) is 18.2 Å². The Morgan fingerprint density at radius 2 is 1.83 bits per heavy atom. The molecule has 0 radical (unpaired) electrons. The van der Waals surface area contributed by atoms with Crippen molar-refractivity contribution in [2.24, 2.45) is 0 Å². The second-order valence-electron chi connectivity index (χ2n) is 8.81. The van der Waals surface area contributed by atoms with Gasteiger partial charge in [0, 0.05) is 43.7 Å². The van der Waals surface area contributed by atoms with Gasteiger partial charge in [-0.05, 0) is 69.8 Å². The molecule has 0 unspecified atom stereocenters. The van der Waals surface area contributed by atoms with E-state index < -0.39 is 0 Å². The van der Waals surface area contributed by atoms with Crippen LogP contribution in [-0.2, 0) is 14.9 Å². The molecule has 0 bridgehead atoms. The van der Waals surface area contributed by atoms with Crippen molar-refractivity contribution in [2.45, 2.75) is 57.9 Å². The summed E-state index contributed by atoms with van der Waals surface area (Å²) in [6.07, 6.45) is 4.03. The molecule has 0 aromatic heterocycles. The molecule has 1 aromatic rings. The minimum absolute atomic E-state index is 0.0917. The molecule has 2 amide bonds. The van der Waals surface area contributed by atoms with Gasteiger partial charge in [-0.25, -0.2) is 4.79 Å². The lowest BCUT2D eigenvalue weighted by Gasteiger charge is -2.45. The smallest absolute Gasteiger partial charge is 0.409 e. The number of likely N-dealkylation sites (tertiary alicyclic amines) is 2. The summed E-state index contributed by atoms with van der Waals surface area (Å²) in [7, 11) is 0. The molecule has 1 spiro atoms. The first-order valence-electron chi connectivity index (χ1n) is 11.0. The van der Waals surface area contributed by atoms with Crippen molar-refractivity contribution in [1.29, 1.82) is 0 Å². The number of carbonyl (C=O) groups excluding carboxylic acids is 2. The predicted molar refractivity (Wildman–Crippen MR) is 113 cm³/mol. The van der Waals surface area contributed by atoms with Crippen molar-refractivity contribution in [1.82, 2.24) is 9.80 Å². The number of carbonyl (C=O) groups is 2. The van der Waals surface area contributed by atoms with Crippen molar-refractivity contribution >= 4 is 17.7 Å². The highest BCUT2D eigenvalue weighted by Gasteiger charge is 2.47. The van der Waals surface area contributed by atoms with Gasteiger partial charge in [-0.3, -0.25) is 4.79 Å². The quantitative estimate of drug-likeness (QED) is 0.766. The number of anilines is 1. The summed E-state index contributed by atoms with van der Waals surface area (Å²) in [5, 5.41) is 0. The molecule has 4 rings (SSSR count). The number of hydrogen-bond donors (Lipinski definition) is 0. The van der Waals surface area contributed by atoms with E-state index in [2.05, 4.69) is 30.0 Å². The van der Waals surface area contributed by atoms with Crippen LogP contribution in [-0.4, -0.2) is 67.2 Å². The lowest BCUT2D eigenvalue weighted by atomic mass is 9.72. The van der Waals surface area contributed by atoms with Gasteiger partial charge in [0.2, 0.25) is 5.91 Å². The highest BCUT2D eigenvalue weighted by atomic mass is 16.6. The van der Waals surface area contributed by atoms with Gasteiger partial charge in [0.25, 0.3) is 0 Å². The van der Waals surface area contributed by atoms with E-state index in [9.17, 15) is 9.59 Å². The van der Waals surface area contributed by atoms with Gasteiger partial charge in [-0.15, -0.1) is 0 Å². The Bertz CT molecular complexity index is 778. The molecular formula is C23H33N3O3. The molecule has 158 valence electrons. The number of benzene rings is 1. The normalized spacial score (nSPS) is 22.0. The van der Waals surface area contributed by atoms with Gasteiger partial charge in [0.05, 0.1) is 6.61 Å². The summed E-state index contributed by atoms with van der Waals surface area (Å²) < 4.78 is 5.14. The van der Waals surface area contributed by atoms with Crippen LogP contribution >= 0.6 is 0 Å². The highest BCUT2D eigenvalue weighted by molar-refractivity contribution is 5.95. The average molecular weight is 400 g/mol. The van der Waals surface area contributed by atoms with Gasteiger partial charge >= 0.3 is 6.09 Å². The third-order valence-corrected chi connectivity index (χ3v) is 7.17. The van der Waals surface area contributed by atoms with Crippen LogP contribution < -0.4 is 4.90 Å². The van der Waals surface area contributed by atoms with Gasteiger partial charge in [-0.1, -0.05) is 12.1 Å². The molecule has 2 fully saturated rings. The molecule has 6 heteroatoms. The maximum Gasteiger partial charge on any atom is 0.409 e. The SMILES string of the molecule is CCOC(=O)N1CCC(N2CCC3(CC2)CN(C(C)=O)c2cccc(C)c23)CC1. The number of ether oxygens (including phenoxy) is 1. The number of amides is 2. The fourth-order valence-corrected chi connectivity index (χ4v) is 5.67. The first kappa shape index (κ1) is 20.2. The summed E-state index contributed by atoms with van der Waals surface area (Å²) in [6, 6.07) is 6.90. The Balaban J connectivity index is 1.42. The first-order chi connectivity index (χ1) is 13.9. The molecule has 3 aliphatic heterocycles. The maximum absolute atomic E-state index is 12.3. The number of hydrogen-bond acceptors (Lipinski definition) is 4. The largest absolute Gasteiger partial charge is 0.450 e. The summed E-state index contributed by atoms with van der Waals surface area (Å²) in [6.45, 7) is 10.6. The van der Waals surface area contributed by atoms with E-state index in [0.717, 1.165) is 64.1 Å². The van der Waals surface area contributed by atoms with E-state index in [-0.39, 0.29) is 17.4 Å². The molecule has 29 heavy (non-hydrogen) atoms. The van der Waals surface area contributed by atoms with Gasteiger partial charge in [-0.2, -0.15) is 0 Å². The number of nitrogens with zero attached hydrogens (tertiary/aromatic N) is 3. The average Bonchev–Trinajstić information content (AvgIpc) is 3.05. The topological polar surface area (TPSA) is 53.1 Å². The Morgan fingerprint density at radius 1 is 1.14 bits per heavy atom. The van der Waals surface area contributed by atoms with Crippen LogP contribution in [0.25, 0.3) is 0 Å². The fraction of sp³-hybridized carbons (Fsp3) is 0.652. The Hall–Kier alpha value is -2.08. The van der Waals surface area contributed by atoms with Crippen LogP contribution in [0.5, 0.6) is 0 Å². The zero-order valence-corrected chi connectivity index (χ0v) is 17.9. The molecule has 0 aliphatic carbocycles.